The minimum atomic E-state index is -0.281. The van der Waals surface area contributed by atoms with Gasteiger partial charge in [0.15, 0.2) is 0 Å². The molecule has 10 heteroatoms. The Balaban J connectivity index is 1.23. The van der Waals surface area contributed by atoms with E-state index in [1.165, 1.54) is 0 Å². The van der Waals surface area contributed by atoms with Crippen LogP contribution in [0.2, 0.25) is 0 Å². The molecule has 2 aliphatic rings. The van der Waals surface area contributed by atoms with Gasteiger partial charge in [-0.2, -0.15) is 11.8 Å². The number of aromatic hydroxyl groups is 3. The zero-order chi connectivity index (χ0) is 54.1. The zero-order valence-electron chi connectivity index (χ0n) is 47.5. The molecule has 0 heterocycles. The topological polar surface area (TPSA) is 140 Å². The molecule has 400 valence electrons. The van der Waals surface area contributed by atoms with E-state index in [0.717, 1.165) is 62.9 Å². The van der Waals surface area contributed by atoms with Crippen LogP contribution in [0.1, 0.15) is 207 Å². The fourth-order valence-electron chi connectivity index (χ4n) is 10.9. The van der Waals surface area contributed by atoms with E-state index in [2.05, 4.69) is 125 Å². The molecule has 5 atom stereocenters. The lowest BCUT2D eigenvalue weighted by Gasteiger charge is -2.35. The van der Waals surface area contributed by atoms with Gasteiger partial charge in [0.2, 0.25) is 0 Å². The van der Waals surface area contributed by atoms with Gasteiger partial charge in [-0.1, -0.05) is 161 Å². The predicted octanol–water partition coefficient (Wildman–Crippen LogP) is 13.8. The first kappa shape index (κ1) is 58.7. The minimum Gasteiger partial charge on any atom is -0.507 e. The molecule has 2 saturated carbocycles. The van der Waals surface area contributed by atoms with Gasteiger partial charge in [-0.3, -0.25) is 14.4 Å². The van der Waals surface area contributed by atoms with Gasteiger partial charge in [0, 0.05) is 42.1 Å². The second-order valence-electron chi connectivity index (χ2n) is 27.3. The molecule has 3 aromatic rings. The van der Waals surface area contributed by atoms with Gasteiger partial charge in [-0.15, -0.1) is 0 Å². The maximum absolute atomic E-state index is 13.6. The number of phenolic OH excluding ortho intramolecular Hbond substituents is 3. The van der Waals surface area contributed by atoms with E-state index in [4.69, 9.17) is 14.2 Å². The number of benzene rings is 3. The fraction of sp³-hybridized carbons (Fsp3) is 0.661. The van der Waals surface area contributed by atoms with Crippen LogP contribution >= 0.6 is 11.8 Å². The van der Waals surface area contributed by atoms with Crippen molar-refractivity contribution in [2.75, 3.05) is 25.6 Å². The molecule has 0 radical (unpaired) electrons. The summed E-state index contributed by atoms with van der Waals surface area (Å²) in [6.07, 6.45) is 4.08. The summed E-state index contributed by atoms with van der Waals surface area (Å²) in [5.74, 6) is 1.43. The summed E-state index contributed by atoms with van der Waals surface area (Å²) >= 11 is 1.81. The van der Waals surface area contributed by atoms with Crippen LogP contribution < -0.4 is 0 Å². The van der Waals surface area contributed by atoms with Gasteiger partial charge in [-0.05, 0) is 127 Å². The lowest BCUT2D eigenvalue weighted by Crippen LogP contribution is -2.36. The average Bonchev–Trinajstić information content (AvgIpc) is 3.81. The highest BCUT2D eigenvalue weighted by molar-refractivity contribution is 7.99. The Kier molecular flexibility index (Phi) is 18.2. The van der Waals surface area contributed by atoms with Gasteiger partial charge >= 0.3 is 17.9 Å². The van der Waals surface area contributed by atoms with E-state index in [1.807, 2.05) is 48.2 Å². The second kappa shape index (κ2) is 22.3. The van der Waals surface area contributed by atoms with Crippen molar-refractivity contribution >= 4 is 29.7 Å². The van der Waals surface area contributed by atoms with Gasteiger partial charge in [0.25, 0.3) is 0 Å². The van der Waals surface area contributed by atoms with Crippen LogP contribution in [0, 0.1) is 23.7 Å². The molecule has 72 heavy (non-hydrogen) atoms. The molecular weight excluding hydrogens is 921 g/mol. The van der Waals surface area contributed by atoms with E-state index < -0.39 is 0 Å². The van der Waals surface area contributed by atoms with E-state index in [1.54, 1.807) is 0 Å². The van der Waals surface area contributed by atoms with Crippen molar-refractivity contribution < 1.29 is 43.9 Å². The number of rotatable bonds is 17. The van der Waals surface area contributed by atoms with Gasteiger partial charge < -0.3 is 29.5 Å². The van der Waals surface area contributed by atoms with Crippen LogP contribution in [-0.2, 0) is 80.3 Å². The van der Waals surface area contributed by atoms with Crippen molar-refractivity contribution in [1.82, 2.24) is 0 Å². The normalized spacial score (nSPS) is 19.7. The molecule has 0 amide bonds. The number of ether oxygens (including phenoxy) is 3. The maximum atomic E-state index is 13.6. The van der Waals surface area contributed by atoms with E-state index in [9.17, 15) is 29.7 Å². The van der Waals surface area contributed by atoms with Crippen molar-refractivity contribution in [2.45, 2.75) is 214 Å². The summed E-state index contributed by atoms with van der Waals surface area (Å²) < 4.78 is 18.0. The third-order valence-electron chi connectivity index (χ3n) is 15.1. The summed E-state index contributed by atoms with van der Waals surface area (Å²) in [6, 6.07) is 12.1. The molecule has 3 aromatic carbocycles. The Morgan fingerprint density at radius 3 is 1.06 bits per heavy atom. The van der Waals surface area contributed by atoms with Crippen LogP contribution in [-0.4, -0.2) is 64.1 Å². The highest BCUT2D eigenvalue weighted by atomic mass is 32.2. The molecule has 0 saturated heterocycles. The third kappa shape index (κ3) is 15.0. The highest BCUT2D eigenvalue weighted by Crippen LogP contribution is 2.56. The van der Waals surface area contributed by atoms with Crippen LogP contribution in [0.3, 0.4) is 0 Å². The number of thioether (sulfide) groups is 1. The molecule has 2 bridgehead atoms. The van der Waals surface area contributed by atoms with Crippen LogP contribution in [0.4, 0.5) is 0 Å². The van der Waals surface area contributed by atoms with Crippen LogP contribution in [0.25, 0.3) is 0 Å². The third-order valence-corrected chi connectivity index (χ3v) is 16.4. The summed E-state index contributed by atoms with van der Waals surface area (Å²) in [4.78, 5) is 40.2. The zero-order valence-corrected chi connectivity index (χ0v) is 48.4. The molecule has 2 aliphatic carbocycles. The molecule has 0 spiro atoms. The second-order valence-corrected chi connectivity index (χ2v) is 28.7. The minimum absolute atomic E-state index is 0.0104. The quantitative estimate of drug-likeness (QED) is 0.0680. The van der Waals surface area contributed by atoms with Crippen molar-refractivity contribution in [2.24, 2.45) is 23.7 Å². The van der Waals surface area contributed by atoms with Crippen molar-refractivity contribution in [3.8, 4) is 17.2 Å². The number of esters is 3. The number of carbonyl (C=O) groups is 3. The molecule has 2 fully saturated rings. The van der Waals surface area contributed by atoms with E-state index in [-0.39, 0.29) is 101 Å². The SMILES string of the molecule is CC(C)(C)c1cc(CCC(=O)OCCSC2CC3CC2C(COC(=O)CCc2cc(C(C)(C)C)c(O)c(C(C)(C)C)c2)C3COC(=O)CCc2cc(C(C)(C)C)c(O)c(C(C)(C)C)c2)cc(C(C)(C)C)c1O. The summed E-state index contributed by atoms with van der Waals surface area (Å²) in [7, 11) is 0. The first-order valence-electron chi connectivity index (χ1n) is 26.7. The Morgan fingerprint density at radius 1 is 0.458 bits per heavy atom. The smallest absolute Gasteiger partial charge is 0.306 e. The number of phenols is 3. The molecule has 3 N–H and O–H groups in total. The molecule has 0 aromatic heterocycles. The Bertz CT molecular complexity index is 2300. The van der Waals surface area contributed by atoms with Crippen molar-refractivity contribution in [3.63, 3.8) is 0 Å². The Morgan fingerprint density at radius 2 is 0.750 bits per heavy atom. The molecule has 9 nitrogen and oxygen atoms in total. The highest BCUT2D eigenvalue weighted by Gasteiger charge is 2.53. The molecule has 5 unspecified atom stereocenters. The molecule has 0 aliphatic heterocycles. The van der Waals surface area contributed by atoms with E-state index >= 15 is 0 Å². The fourth-order valence-corrected chi connectivity index (χ4v) is 12.3. The summed E-state index contributed by atoms with van der Waals surface area (Å²) in [5.41, 5.74) is 6.58. The number of carbonyl (C=O) groups excluding carboxylic acids is 3. The summed E-state index contributed by atoms with van der Waals surface area (Å²) in [5, 5.41) is 34.0. The van der Waals surface area contributed by atoms with Gasteiger partial charge in [0.1, 0.15) is 23.9 Å². The van der Waals surface area contributed by atoms with Crippen molar-refractivity contribution in [1.29, 1.82) is 0 Å². The van der Waals surface area contributed by atoms with Crippen LogP contribution in [0.15, 0.2) is 36.4 Å². The maximum Gasteiger partial charge on any atom is 0.306 e. The largest absolute Gasteiger partial charge is 0.507 e. The number of aryl methyl sites for hydroxylation is 3. The number of hydrogen-bond donors (Lipinski definition) is 3. The van der Waals surface area contributed by atoms with Gasteiger partial charge in [-0.25, -0.2) is 0 Å². The summed E-state index contributed by atoms with van der Waals surface area (Å²) in [6.45, 7) is 38.3. The first-order chi connectivity index (χ1) is 33.0. The Labute approximate surface area is 438 Å². The van der Waals surface area contributed by atoms with Crippen molar-refractivity contribution in [3.05, 3.63) is 86.5 Å². The van der Waals surface area contributed by atoms with E-state index in [0.29, 0.717) is 60.0 Å². The Hall–Kier alpha value is -4.18. The lowest BCUT2D eigenvalue weighted by molar-refractivity contribution is -0.150. The standard InChI is InChI=1S/C62H92O9S/c1-57(2,3)44-27-37(28-45(54(44)66)58(4,5)6)19-22-51(63)69-25-26-72-50-34-40-33-41(50)43(36-71-53(65)24-21-39-31-48(61(13,14)15)56(68)49(32-39)62(16,17)18)42(40)35-70-52(64)23-20-38-29-46(59(7,8)9)55(67)47(30-38)60(10,11)12/h27-32,40-43,50,66-68H,19-26,33-36H2,1-18H3. The molecular formula is C62H92O9S. The predicted molar refractivity (Wildman–Crippen MR) is 294 cm³/mol. The molecule has 5 rings (SSSR count). The lowest BCUT2D eigenvalue weighted by atomic mass is 9.78. The number of fused-ring (bicyclic) bond motifs is 2. The number of hydrogen-bond acceptors (Lipinski definition) is 10. The first-order valence-corrected chi connectivity index (χ1v) is 27.7. The monoisotopic (exact) mass is 1010 g/mol. The average molecular weight is 1010 g/mol. The van der Waals surface area contributed by atoms with Crippen LogP contribution in [0.5, 0.6) is 17.2 Å². The van der Waals surface area contributed by atoms with Gasteiger partial charge in [0.05, 0.1) is 13.2 Å².